The minimum Gasteiger partial charge on any atom is -0.492 e. The van der Waals surface area contributed by atoms with Crippen molar-refractivity contribution in [2.45, 2.75) is 32.9 Å². The van der Waals surface area contributed by atoms with Gasteiger partial charge in [0.25, 0.3) is 0 Å². The molecule has 0 aliphatic carbocycles. The molecule has 0 amide bonds. The third kappa shape index (κ3) is 3.35. The summed E-state index contributed by atoms with van der Waals surface area (Å²) in [7, 11) is 1.82. The number of benzene rings is 1. The Morgan fingerprint density at radius 3 is 2.65 bits per heavy atom. The number of hydrogen-bond acceptors (Lipinski definition) is 3. The smallest absolute Gasteiger partial charge is 0.138 e. The third-order valence-electron chi connectivity index (χ3n) is 2.87. The van der Waals surface area contributed by atoms with Gasteiger partial charge in [-0.25, -0.2) is 0 Å². The van der Waals surface area contributed by atoms with E-state index in [1.165, 1.54) is 0 Å². The number of likely N-dealkylation sites (N-methyl/N-ethyl adjacent to an activating group) is 1. The van der Waals surface area contributed by atoms with Crippen molar-refractivity contribution in [2.24, 2.45) is 0 Å². The largest absolute Gasteiger partial charge is 0.492 e. The van der Waals surface area contributed by atoms with Crippen molar-refractivity contribution in [1.82, 2.24) is 5.32 Å². The fourth-order valence-corrected chi connectivity index (χ4v) is 1.91. The van der Waals surface area contributed by atoms with E-state index in [2.05, 4.69) is 5.32 Å². The summed E-state index contributed by atoms with van der Waals surface area (Å²) < 4.78 is 5.41. The minimum absolute atomic E-state index is 0.0253. The number of halogens is 1. The Labute approximate surface area is 108 Å². The number of rotatable bonds is 5. The SMILES string of the molecule is CCOc1cc(C)c(C(O)C(C)NC)cc1Cl. The van der Waals surface area contributed by atoms with Gasteiger partial charge in [0.05, 0.1) is 17.7 Å². The predicted octanol–water partition coefficient (Wildman–Crippen LogP) is 2.69. The number of aliphatic hydroxyl groups is 1. The maximum absolute atomic E-state index is 10.2. The van der Waals surface area contributed by atoms with E-state index < -0.39 is 6.10 Å². The van der Waals surface area contributed by atoms with Gasteiger partial charge in [-0.2, -0.15) is 0 Å². The summed E-state index contributed by atoms with van der Waals surface area (Å²) in [6, 6.07) is 3.62. The second-order valence-electron chi connectivity index (χ2n) is 4.09. The standard InChI is InChI=1S/C13H20ClNO2/c1-5-17-12-6-8(2)10(7-11(12)14)13(16)9(3)15-4/h6-7,9,13,15-16H,5H2,1-4H3. The van der Waals surface area contributed by atoms with E-state index in [4.69, 9.17) is 16.3 Å². The third-order valence-corrected chi connectivity index (χ3v) is 3.16. The highest BCUT2D eigenvalue weighted by Crippen LogP contribution is 2.32. The van der Waals surface area contributed by atoms with Gasteiger partial charge in [-0.05, 0) is 51.1 Å². The molecule has 2 atom stereocenters. The average Bonchev–Trinajstić information content (AvgIpc) is 2.31. The van der Waals surface area contributed by atoms with Crippen LogP contribution in [0, 0.1) is 6.92 Å². The van der Waals surface area contributed by atoms with Crippen molar-refractivity contribution in [3.63, 3.8) is 0 Å². The molecule has 0 saturated carbocycles. The molecule has 4 heteroatoms. The van der Waals surface area contributed by atoms with Crippen LogP contribution in [0.5, 0.6) is 5.75 Å². The van der Waals surface area contributed by atoms with E-state index in [0.29, 0.717) is 17.4 Å². The van der Waals surface area contributed by atoms with Gasteiger partial charge in [0, 0.05) is 6.04 Å². The summed E-state index contributed by atoms with van der Waals surface area (Å²) in [6.45, 7) is 6.36. The number of ether oxygens (including phenoxy) is 1. The molecule has 0 saturated heterocycles. The van der Waals surface area contributed by atoms with Gasteiger partial charge in [0.2, 0.25) is 0 Å². The summed E-state index contributed by atoms with van der Waals surface area (Å²) in [5.74, 6) is 0.666. The molecule has 0 radical (unpaired) electrons. The highest BCUT2D eigenvalue weighted by Gasteiger charge is 2.18. The van der Waals surface area contributed by atoms with Crippen molar-refractivity contribution < 1.29 is 9.84 Å². The van der Waals surface area contributed by atoms with Gasteiger partial charge >= 0.3 is 0 Å². The van der Waals surface area contributed by atoms with Crippen LogP contribution in [-0.2, 0) is 0 Å². The van der Waals surface area contributed by atoms with Crippen LogP contribution in [0.15, 0.2) is 12.1 Å². The lowest BCUT2D eigenvalue weighted by molar-refractivity contribution is 0.139. The van der Waals surface area contributed by atoms with Crippen molar-refractivity contribution in [1.29, 1.82) is 0 Å². The summed E-state index contributed by atoms with van der Waals surface area (Å²) in [5, 5.41) is 13.7. The first-order chi connectivity index (χ1) is 8.01. The molecule has 0 aliphatic heterocycles. The molecule has 0 spiro atoms. The van der Waals surface area contributed by atoms with Gasteiger partial charge in [0.15, 0.2) is 0 Å². The minimum atomic E-state index is -0.576. The first kappa shape index (κ1) is 14.3. The van der Waals surface area contributed by atoms with E-state index >= 15 is 0 Å². The lowest BCUT2D eigenvalue weighted by Gasteiger charge is -2.21. The zero-order valence-electron chi connectivity index (χ0n) is 10.7. The zero-order chi connectivity index (χ0) is 13.0. The second-order valence-corrected chi connectivity index (χ2v) is 4.50. The van der Waals surface area contributed by atoms with Crippen LogP contribution in [0.25, 0.3) is 0 Å². The van der Waals surface area contributed by atoms with Gasteiger partial charge < -0.3 is 15.2 Å². The number of aryl methyl sites for hydroxylation is 1. The van der Waals surface area contributed by atoms with Crippen molar-refractivity contribution in [3.8, 4) is 5.75 Å². The predicted molar refractivity (Wildman–Crippen MR) is 70.8 cm³/mol. The summed E-state index contributed by atoms with van der Waals surface area (Å²) in [4.78, 5) is 0. The molecule has 17 heavy (non-hydrogen) atoms. The molecule has 0 bridgehead atoms. The topological polar surface area (TPSA) is 41.5 Å². The van der Waals surface area contributed by atoms with Crippen molar-refractivity contribution in [3.05, 3.63) is 28.3 Å². The van der Waals surface area contributed by atoms with Gasteiger partial charge in [0.1, 0.15) is 5.75 Å². The van der Waals surface area contributed by atoms with Crippen LogP contribution in [-0.4, -0.2) is 24.8 Å². The van der Waals surface area contributed by atoms with Crippen LogP contribution >= 0.6 is 11.6 Å². The Balaban J connectivity index is 3.06. The van der Waals surface area contributed by atoms with E-state index in [0.717, 1.165) is 11.1 Å². The quantitative estimate of drug-likeness (QED) is 0.852. The second kappa shape index (κ2) is 6.24. The Morgan fingerprint density at radius 2 is 2.12 bits per heavy atom. The van der Waals surface area contributed by atoms with Crippen LogP contribution in [0.3, 0.4) is 0 Å². The molecular weight excluding hydrogens is 238 g/mol. The molecule has 0 aromatic heterocycles. The number of nitrogens with one attached hydrogen (secondary N) is 1. The van der Waals surface area contributed by atoms with E-state index in [1.54, 1.807) is 6.07 Å². The molecular formula is C13H20ClNO2. The highest BCUT2D eigenvalue weighted by atomic mass is 35.5. The maximum Gasteiger partial charge on any atom is 0.138 e. The Hall–Kier alpha value is -0.770. The van der Waals surface area contributed by atoms with Crippen LogP contribution in [0.4, 0.5) is 0 Å². The van der Waals surface area contributed by atoms with E-state index in [1.807, 2.05) is 33.9 Å². The van der Waals surface area contributed by atoms with Crippen molar-refractivity contribution in [2.75, 3.05) is 13.7 Å². The Morgan fingerprint density at radius 1 is 1.47 bits per heavy atom. The molecule has 96 valence electrons. The monoisotopic (exact) mass is 257 g/mol. The zero-order valence-corrected chi connectivity index (χ0v) is 11.5. The van der Waals surface area contributed by atoms with Gasteiger partial charge in [-0.3, -0.25) is 0 Å². The summed E-state index contributed by atoms with van der Waals surface area (Å²) >= 11 is 6.12. The normalized spacial score (nSPS) is 14.5. The average molecular weight is 258 g/mol. The summed E-state index contributed by atoms with van der Waals surface area (Å²) in [6.07, 6.45) is -0.576. The van der Waals surface area contributed by atoms with Crippen molar-refractivity contribution >= 4 is 11.6 Å². The molecule has 1 rings (SSSR count). The molecule has 2 unspecified atom stereocenters. The molecule has 0 fully saturated rings. The Bertz CT molecular complexity index is 382. The lowest BCUT2D eigenvalue weighted by atomic mass is 9.98. The maximum atomic E-state index is 10.2. The lowest BCUT2D eigenvalue weighted by Crippen LogP contribution is -2.29. The molecule has 0 aliphatic rings. The molecule has 1 aromatic rings. The van der Waals surface area contributed by atoms with Crippen LogP contribution < -0.4 is 10.1 Å². The fourth-order valence-electron chi connectivity index (χ4n) is 1.68. The highest BCUT2D eigenvalue weighted by molar-refractivity contribution is 6.32. The van der Waals surface area contributed by atoms with Gasteiger partial charge in [-0.1, -0.05) is 11.6 Å². The van der Waals surface area contributed by atoms with E-state index in [-0.39, 0.29) is 6.04 Å². The Kier molecular flexibility index (Phi) is 5.25. The first-order valence-electron chi connectivity index (χ1n) is 5.79. The van der Waals surface area contributed by atoms with Gasteiger partial charge in [-0.15, -0.1) is 0 Å². The van der Waals surface area contributed by atoms with Crippen LogP contribution in [0.2, 0.25) is 5.02 Å². The number of aliphatic hydroxyl groups excluding tert-OH is 1. The first-order valence-corrected chi connectivity index (χ1v) is 6.17. The number of hydrogen-bond donors (Lipinski definition) is 2. The summed E-state index contributed by atoms with van der Waals surface area (Å²) in [5.41, 5.74) is 1.81. The molecule has 0 heterocycles. The van der Waals surface area contributed by atoms with E-state index in [9.17, 15) is 5.11 Å². The fraction of sp³-hybridized carbons (Fsp3) is 0.538. The van der Waals surface area contributed by atoms with Crippen LogP contribution in [0.1, 0.15) is 31.1 Å². The molecule has 2 N–H and O–H groups in total. The molecule has 3 nitrogen and oxygen atoms in total. The molecule has 1 aromatic carbocycles.